The number of carbonyl (C=O) groups excluding carboxylic acids is 1. The second-order valence-corrected chi connectivity index (χ2v) is 3.68. The van der Waals surface area contributed by atoms with Crippen LogP contribution in [0, 0.1) is 0 Å². The second kappa shape index (κ2) is 7.79. The third-order valence-electron chi connectivity index (χ3n) is 2.38. The van der Waals surface area contributed by atoms with Gasteiger partial charge >= 0.3 is 0 Å². The molecule has 0 aliphatic carbocycles. The van der Waals surface area contributed by atoms with E-state index in [9.17, 15) is 4.79 Å². The van der Waals surface area contributed by atoms with Gasteiger partial charge in [0.1, 0.15) is 11.5 Å². The number of halogens is 1. The van der Waals surface area contributed by atoms with E-state index in [4.69, 9.17) is 15.2 Å². The Balaban J connectivity index is 0.00000289. The third-order valence-corrected chi connectivity index (χ3v) is 2.38. The van der Waals surface area contributed by atoms with E-state index in [0.29, 0.717) is 23.6 Å². The number of hydrogen-bond acceptors (Lipinski definition) is 4. The van der Waals surface area contributed by atoms with Crippen LogP contribution >= 0.6 is 12.4 Å². The van der Waals surface area contributed by atoms with Gasteiger partial charge in [0, 0.05) is 12.6 Å². The Bertz CT molecular complexity index is 399. The fraction of sp³-hybridized carbons (Fsp3) is 0.417. The molecule has 1 atom stereocenters. The maximum absolute atomic E-state index is 12.0. The van der Waals surface area contributed by atoms with Crippen LogP contribution in [0.3, 0.4) is 0 Å². The van der Waals surface area contributed by atoms with Crippen LogP contribution in [0.1, 0.15) is 17.3 Å². The largest absolute Gasteiger partial charge is 0.497 e. The molecular formula is C12H19ClN2O3. The van der Waals surface area contributed by atoms with Crippen LogP contribution in [0.15, 0.2) is 18.2 Å². The minimum Gasteiger partial charge on any atom is -0.497 e. The van der Waals surface area contributed by atoms with E-state index in [-0.39, 0.29) is 24.4 Å². The van der Waals surface area contributed by atoms with Crippen LogP contribution in [0.5, 0.6) is 11.5 Å². The Morgan fingerprint density at radius 2 is 2.06 bits per heavy atom. The fourth-order valence-corrected chi connectivity index (χ4v) is 1.35. The lowest BCUT2D eigenvalue weighted by molar-refractivity contribution is 0.0938. The summed E-state index contributed by atoms with van der Waals surface area (Å²) in [5, 5.41) is 2.77. The molecule has 0 saturated heterocycles. The summed E-state index contributed by atoms with van der Waals surface area (Å²) in [6, 6.07) is 4.98. The van der Waals surface area contributed by atoms with E-state index in [2.05, 4.69) is 5.32 Å². The molecule has 102 valence electrons. The summed E-state index contributed by atoms with van der Waals surface area (Å²) in [5.74, 6) is 0.891. The second-order valence-electron chi connectivity index (χ2n) is 3.68. The van der Waals surface area contributed by atoms with Crippen molar-refractivity contribution >= 4 is 18.3 Å². The molecule has 1 aromatic carbocycles. The first-order valence-electron chi connectivity index (χ1n) is 5.35. The highest BCUT2D eigenvalue weighted by atomic mass is 35.5. The number of amides is 1. The monoisotopic (exact) mass is 274 g/mol. The van der Waals surface area contributed by atoms with Crippen molar-refractivity contribution in [1.29, 1.82) is 0 Å². The van der Waals surface area contributed by atoms with E-state index in [1.807, 2.05) is 6.92 Å². The molecule has 3 N–H and O–H groups in total. The molecule has 0 spiro atoms. The number of hydrogen-bond donors (Lipinski definition) is 2. The standard InChI is InChI=1S/C12H18N2O3.ClH/c1-8(7-13)14-12(15)10-6-9(16-2)4-5-11(10)17-3;/h4-6,8H,7,13H2,1-3H3,(H,14,15);1H/t8-;/m0./s1. The van der Waals surface area contributed by atoms with Gasteiger partial charge in [-0.1, -0.05) is 0 Å². The predicted octanol–water partition coefficient (Wildman–Crippen LogP) is 1.20. The minimum absolute atomic E-state index is 0. The summed E-state index contributed by atoms with van der Waals surface area (Å²) in [6.07, 6.45) is 0. The van der Waals surface area contributed by atoms with E-state index >= 15 is 0 Å². The normalized spacial score (nSPS) is 11.1. The number of benzene rings is 1. The predicted molar refractivity (Wildman–Crippen MR) is 72.8 cm³/mol. The number of rotatable bonds is 5. The van der Waals surface area contributed by atoms with Gasteiger partial charge in [0.05, 0.1) is 19.8 Å². The van der Waals surface area contributed by atoms with Crippen LogP contribution in [-0.2, 0) is 0 Å². The molecule has 1 aromatic rings. The average Bonchev–Trinajstić information content (AvgIpc) is 2.37. The first kappa shape index (κ1) is 16.5. The lowest BCUT2D eigenvalue weighted by Crippen LogP contribution is -2.37. The van der Waals surface area contributed by atoms with Crippen molar-refractivity contribution in [2.75, 3.05) is 20.8 Å². The summed E-state index contributed by atoms with van der Waals surface area (Å²) in [6.45, 7) is 2.22. The number of ether oxygens (including phenoxy) is 2. The van der Waals surface area contributed by atoms with E-state index in [1.165, 1.54) is 7.11 Å². The van der Waals surface area contributed by atoms with Crippen molar-refractivity contribution in [1.82, 2.24) is 5.32 Å². The summed E-state index contributed by atoms with van der Waals surface area (Å²) >= 11 is 0. The summed E-state index contributed by atoms with van der Waals surface area (Å²) < 4.78 is 10.2. The molecule has 18 heavy (non-hydrogen) atoms. The summed E-state index contributed by atoms with van der Waals surface area (Å²) in [5.41, 5.74) is 5.89. The van der Waals surface area contributed by atoms with Crippen molar-refractivity contribution < 1.29 is 14.3 Å². The highest BCUT2D eigenvalue weighted by Gasteiger charge is 2.14. The maximum Gasteiger partial charge on any atom is 0.255 e. The molecule has 0 aromatic heterocycles. The molecule has 0 aliphatic heterocycles. The minimum atomic E-state index is -0.223. The first-order chi connectivity index (χ1) is 8.12. The van der Waals surface area contributed by atoms with Crippen molar-refractivity contribution in [2.24, 2.45) is 5.73 Å². The molecule has 6 heteroatoms. The Hall–Kier alpha value is -1.46. The van der Waals surface area contributed by atoms with Crippen molar-refractivity contribution in [3.63, 3.8) is 0 Å². The van der Waals surface area contributed by atoms with Gasteiger partial charge in [-0.2, -0.15) is 0 Å². The zero-order valence-electron chi connectivity index (χ0n) is 10.7. The number of carbonyl (C=O) groups is 1. The number of nitrogens with two attached hydrogens (primary N) is 1. The summed E-state index contributed by atoms with van der Waals surface area (Å²) in [7, 11) is 3.07. The lowest BCUT2D eigenvalue weighted by atomic mass is 10.1. The van der Waals surface area contributed by atoms with E-state index in [0.717, 1.165) is 0 Å². The van der Waals surface area contributed by atoms with Crippen LogP contribution in [0.25, 0.3) is 0 Å². The molecule has 0 bridgehead atoms. The molecular weight excluding hydrogens is 256 g/mol. The molecule has 1 amide bonds. The molecule has 0 saturated carbocycles. The third kappa shape index (κ3) is 4.09. The zero-order valence-corrected chi connectivity index (χ0v) is 11.5. The van der Waals surface area contributed by atoms with Gasteiger partial charge in [0.15, 0.2) is 0 Å². The Morgan fingerprint density at radius 1 is 1.39 bits per heavy atom. The van der Waals surface area contributed by atoms with E-state index in [1.54, 1.807) is 25.3 Å². The smallest absolute Gasteiger partial charge is 0.255 e. The van der Waals surface area contributed by atoms with Gasteiger partial charge in [0.25, 0.3) is 5.91 Å². The molecule has 0 fully saturated rings. The number of methoxy groups -OCH3 is 2. The highest BCUT2D eigenvalue weighted by molar-refractivity contribution is 5.97. The topological polar surface area (TPSA) is 73.6 Å². The van der Waals surface area contributed by atoms with Crippen molar-refractivity contribution in [3.05, 3.63) is 23.8 Å². The fourth-order valence-electron chi connectivity index (χ4n) is 1.35. The quantitative estimate of drug-likeness (QED) is 0.846. The first-order valence-corrected chi connectivity index (χ1v) is 5.35. The molecule has 0 aliphatic rings. The summed E-state index contributed by atoms with van der Waals surface area (Å²) in [4.78, 5) is 12.0. The van der Waals surface area contributed by atoms with Gasteiger partial charge in [-0.05, 0) is 25.1 Å². The van der Waals surface area contributed by atoms with Gasteiger partial charge in [-0.25, -0.2) is 0 Å². The highest BCUT2D eigenvalue weighted by Crippen LogP contribution is 2.23. The Kier molecular flexibility index (Phi) is 7.16. The molecule has 0 unspecified atom stereocenters. The van der Waals surface area contributed by atoms with Crippen molar-refractivity contribution in [3.8, 4) is 11.5 Å². The van der Waals surface area contributed by atoms with Gasteiger partial charge < -0.3 is 20.5 Å². The van der Waals surface area contributed by atoms with Crippen molar-refractivity contribution in [2.45, 2.75) is 13.0 Å². The van der Waals surface area contributed by atoms with E-state index < -0.39 is 0 Å². The van der Waals surface area contributed by atoms with Crippen LogP contribution in [0.2, 0.25) is 0 Å². The maximum atomic E-state index is 12.0. The van der Waals surface area contributed by atoms with Gasteiger partial charge in [-0.15, -0.1) is 12.4 Å². The van der Waals surface area contributed by atoms with Crippen LogP contribution < -0.4 is 20.5 Å². The zero-order chi connectivity index (χ0) is 12.8. The Morgan fingerprint density at radius 3 is 2.56 bits per heavy atom. The lowest BCUT2D eigenvalue weighted by Gasteiger charge is -2.14. The van der Waals surface area contributed by atoms with Gasteiger partial charge in [-0.3, -0.25) is 4.79 Å². The average molecular weight is 275 g/mol. The number of nitrogens with one attached hydrogen (secondary N) is 1. The van der Waals surface area contributed by atoms with Crippen LogP contribution in [-0.4, -0.2) is 32.7 Å². The Labute approximate surface area is 113 Å². The SMILES string of the molecule is COc1ccc(OC)c(C(=O)N[C@@H](C)CN)c1.Cl. The molecule has 0 radical (unpaired) electrons. The molecule has 1 rings (SSSR count). The molecule has 5 nitrogen and oxygen atoms in total. The molecule has 0 heterocycles. The van der Waals surface area contributed by atoms with Crippen LogP contribution in [0.4, 0.5) is 0 Å². The van der Waals surface area contributed by atoms with Gasteiger partial charge in [0.2, 0.25) is 0 Å².